The monoisotopic (exact) mass is 350 g/mol. The van der Waals surface area contributed by atoms with Crippen LogP contribution in [0.25, 0.3) is 0 Å². The Kier molecular flexibility index (Phi) is 7.24. The molecule has 0 radical (unpaired) electrons. The normalized spacial score (nSPS) is 29.2. The van der Waals surface area contributed by atoms with Crippen LogP contribution < -0.4 is 4.74 Å². The highest BCUT2D eigenvalue weighted by atomic mass is 16.5. The lowest BCUT2D eigenvalue weighted by molar-refractivity contribution is 0.154. The molecule has 0 atom stereocenters. The molecule has 1 aromatic rings. The molecule has 0 aromatic heterocycles. The zero-order valence-electron chi connectivity index (χ0n) is 16.5. The van der Waals surface area contributed by atoms with Crippen molar-refractivity contribution in [1.29, 1.82) is 0 Å². The fourth-order valence-corrected chi connectivity index (χ4v) is 4.86. The molecule has 2 aliphatic carbocycles. The highest BCUT2D eigenvalue weighted by molar-refractivity contribution is 5.40. The molecule has 1 aromatic carbocycles. The maximum Gasteiger partial charge on any atom is 0.118 e. The lowest BCUT2D eigenvalue weighted by atomic mass is 9.69. The van der Waals surface area contributed by atoms with E-state index < -0.39 is 0 Å². The average molecular weight is 351 g/mol. The van der Waals surface area contributed by atoms with E-state index in [9.17, 15) is 0 Å². The summed E-state index contributed by atoms with van der Waals surface area (Å²) in [5.41, 5.74) is 1.04. The molecule has 2 aliphatic rings. The Morgan fingerprint density at radius 2 is 1.54 bits per heavy atom. The van der Waals surface area contributed by atoms with E-state index in [1.54, 1.807) is 7.11 Å². The molecule has 2 fully saturated rings. The summed E-state index contributed by atoms with van der Waals surface area (Å²) in [5.74, 6) is 11.1. The lowest BCUT2D eigenvalue weighted by Crippen LogP contribution is -2.25. The third kappa shape index (κ3) is 5.41. The molecule has 0 saturated heterocycles. The first-order chi connectivity index (χ1) is 12.8. The third-order valence-corrected chi connectivity index (χ3v) is 6.71. The van der Waals surface area contributed by atoms with Crippen LogP contribution >= 0.6 is 0 Å². The maximum atomic E-state index is 5.18. The van der Waals surface area contributed by atoms with E-state index in [2.05, 4.69) is 30.9 Å². The molecule has 3 rings (SSSR count). The fourth-order valence-electron chi connectivity index (χ4n) is 4.86. The summed E-state index contributed by atoms with van der Waals surface area (Å²) in [7, 11) is 1.69. The summed E-state index contributed by atoms with van der Waals surface area (Å²) in [5, 5.41) is 0. The van der Waals surface area contributed by atoms with Gasteiger partial charge in [0.15, 0.2) is 0 Å². The average Bonchev–Trinajstić information content (AvgIpc) is 2.72. The Bertz CT molecular complexity index is 614. The Labute approximate surface area is 160 Å². The van der Waals surface area contributed by atoms with Crippen molar-refractivity contribution in [2.75, 3.05) is 7.11 Å². The molecular formula is C25H34O. The Morgan fingerprint density at radius 1 is 0.923 bits per heavy atom. The van der Waals surface area contributed by atoms with Crippen molar-refractivity contribution in [2.24, 2.45) is 23.7 Å². The Hall–Kier alpha value is -1.68. The van der Waals surface area contributed by atoms with Crippen molar-refractivity contribution in [3.8, 4) is 17.6 Å². The molecule has 0 aliphatic heterocycles. The maximum absolute atomic E-state index is 5.18. The van der Waals surface area contributed by atoms with Crippen molar-refractivity contribution in [3.63, 3.8) is 0 Å². The van der Waals surface area contributed by atoms with Crippen molar-refractivity contribution in [3.05, 3.63) is 42.0 Å². The van der Waals surface area contributed by atoms with Crippen molar-refractivity contribution in [2.45, 2.75) is 64.7 Å². The van der Waals surface area contributed by atoms with Gasteiger partial charge in [-0.15, -0.1) is 0 Å². The molecule has 2 saturated carbocycles. The van der Waals surface area contributed by atoms with Gasteiger partial charge in [0.05, 0.1) is 7.11 Å². The summed E-state index contributed by atoms with van der Waals surface area (Å²) < 4.78 is 5.18. The fraction of sp³-hybridized carbons (Fsp3) is 0.600. The van der Waals surface area contributed by atoms with Gasteiger partial charge in [0.25, 0.3) is 0 Å². The Balaban J connectivity index is 1.41. The van der Waals surface area contributed by atoms with E-state index in [0.717, 1.165) is 35.0 Å². The summed E-state index contributed by atoms with van der Waals surface area (Å²) in [6, 6.07) is 7.95. The van der Waals surface area contributed by atoms with Crippen LogP contribution in [0.5, 0.6) is 5.75 Å². The van der Waals surface area contributed by atoms with Crippen LogP contribution in [0.4, 0.5) is 0 Å². The van der Waals surface area contributed by atoms with Crippen LogP contribution in [0.3, 0.4) is 0 Å². The molecular weight excluding hydrogens is 316 g/mol. The predicted octanol–water partition coefficient (Wildman–Crippen LogP) is 6.63. The van der Waals surface area contributed by atoms with E-state index in [1.807, 2.05) is 24.3 Å². The topological polar surface area (TPSA) is 9.23 Å². The van der Waals surface area contributed by atoms with Crippen LogP contribution in [-0.2, 0) is 0 Å². The van der Waals surface area contributed by atoms with Crippen LogP contribution in [-0.4, -0.2) is 7.11 Å². The number of rotatable bonds is 4. The highest BCUT2D eigenvalue weighted by Crippen LogP contribution is 2.42. The molecule has 0 spiro atoms. The second-order valence-electron chi connectivity index (χ2n) is 8.22. The summed E-state index contributed by atoms with van der Waals surface area (Å²) in [6.07, 6.45) is 17.4. The quantitative estimate of drug-likeness (QED) is 0.554. The van der Waals surface area contributed by atoms with E-state index in [0.29, 0.717) is 0 Å². The van der Waals surface area contributed by atoms with Gasteiger partial charge in [-0.3, -0.25) is 0 Å². The molecule has 0 bridgehead atoms. The number of hydrogen-bond acceptors (Lipinski definition) is 1. The van der Waals surface area contributed by atoms with Crippen molar-refractivity contribution < 1.29 is 4.74 Å². The van der Waals surface area contributed by atoms with Gasteiger partial charge in [-0.2, -0.15) is 0 Å². The van der Waals surface area contributed by atoms with E-state index in [1.165, 1.54) is 57.8 Å². The van der Waals surface area contributed by atoms with E-state index in [-0.39, 0.29) is 0 Å². The van der Waals surface area contributed by atoms with Gasteiger partial charge >= 0.3 is 0 Å². The van der Waals surface area contributed by atoms with Gasteiger partial charge in [0, 0.05) is 5.56 Å². The zero-order chi connectivity index (χ0) is 18.2. The molecule has 0 amide bonds. The zero-order valence-corrected chi connectivity index (χ0v) is 16.5. The molecule has 0 unspecified atom stereocenters. The van der Waals surface area contributed by atoms with Crippen molar-refractivity contribution in [1.82, 2.24) is 0 Å². The van der Waals surface area contributed by atoms with Crippen LogP contribution in [0, 0.1) is 35.5 Å². The summed E-state index contributed by atoms with van der Waals surface area (Å²) in [4.78, 5) is 0. The minimum absolute atomic E-state index is 0.739. The predicted molar refractivity (Wildman–Crippen MR) is 110 cm³/mol. The largest absolute Gasteiger partial charge is 0.497 e. The molecule has 1 heteroatoms. The standard InChI is InChI=1S/C25H34O/c1-3-20-8-14-23(15-9-20)24-16-10-21(11-17-24)6-4-5-7-22-12-18-25(26-2)19-13-22/h4,6,12-13,18-21,23-24H,3,8-11,14-17H2,1-2H3/b6-4+. The minimum Gasteiger partial charge on any atom is -0.497 e. The molecule has 26 heavy (non-hydrogen) atoms. The number of ether oxygens (including phenoxy) is 1. The van der Waals surface area contributed by atoms with E-state index >= 15 is 0 Å². The second-order valence-corrected chi connectivity index (χ2v) is 8.22. The first kappa shape index (κ1) is 19.1. The second kappa shape index (κ2) is 9.86. The minimum atomic E-state index is 0.739. The van der Waals surface area contributed by atoms with E-state index in [4.69, 9.17) is 4.74 Å². The van der Waals surface area contributed by atoms with Crippen molar-refractivity contribution >= 4 is 0 Å². The number of benzene rings is 1. The third-order valence-electron chi connectivity index (χ3n) is 6.71. The molecule has 0 heterocycles. The lowest BCUT2D eigenvalue weighted by Gasteiger charge is -2.37. The van der Waals surface area contributed by atoms with Gasteiger partial charge in [-0.05, 0) is 92.5 Å². The molecule has 1 nitrogen and oxygen atoms in total. The van der Waals surface area contributed by atoms with Gasteiger partial charge in [-0.25, -0.2) is 0 Å². The van der Waals surface area contributed by atoms with Gasteiger partial charge in [-0.1, -0.05) is 44.1 Å². The van der Waals surface area contributed by atoms with Gasteiger partial charge in [0.2, 0.25) is 0 Å². The summed E-state index contributed by atoms with van der Waals surface area (Å²) in [6.45, 7) is 2.36. The molecule has 0 N–H and O–H groups in total. The smallest absolute Gasteiger partial charge is 0.118 e. The van der Waals surface area contributed by atoms with Gasteiger partial charge < -0.3 is 4.74 Å². The van der Waals surface area contributed by atoms with Gasteiger partial charge in [0.1, 0.15) is 5.75 Å². The van der Waals surface area contributed by atoms with Crippen LogP contribution in [0.2, 0.25) is 0 Å². The molecule has 140 valence electrons. The number of methoxy groups -OCH3 is 1. The highest BCUT2D eigenvalue weighted by Gasteiger charge is 2.29. The number of allylic oxidation sites excluding steroid dienone is 2. The first-order valence-electron chi connectivity index (χ1n) is 10.6. The van der Waals surface area contributed by atoms with Crippen LogP contribution in [0.15, 0.2) is 36.4 Å². The SMILES string of the molecule is CCC1CCC(C2CCC(/C=C/C#Cc3ccc(OC)cc3)CC2)CC1. The van der Waals surface area contributed by atoms with Crippen LogP contribution in [0.1, 0.15) is 70.3 Å². The number of hydrogen-bond donors (Lipinski definition) is 0. The Morgan fingerprint density at radius 3 is 2.12 bits per heavy atom. The summed E-state index contributed by atoms with van der Waals surface area (Å²) >= 11 is 0. The first-order valence-corrected chi connectivity index (χ1v) is 10.6.